The molecule has 4 nitrogen and oxygen atoms in total. The third-order valence-electron chi connectivity index (χ3n) is 4.50. The minimum Gasteiger partial charge on any atom is -0.308 e. The van der Waals surface area contributed by atoms with Crippen LogP contribution >= 0.6 is 23.7 Å². The SMILES string of the molecule is Cc1cc(C)c2nc(N(CCN(C)C)C(=O)c3cccc(C(F)(F)F)c3)sc2c1.Cl. The Labute approximate surface area is 183 Å². The van der Waals surface area contributed by atoms with Crippen molar-refractivity contribution in [3.8, 4) is 0 Å². The van der Waals surface area contributed by atoms with E-state index >= 15 is 0 Å². The molecular formula is C21H23ClF3N3OS. The van der Waals surface area contributed by atoms with E-state index in [1.807, 2.05) is 45.0 Å². The number of likely N-dealkylation sites (N-methyl/N-ethyl adjacent to an activating group) is 1. The average molecular weight is 458 g/mol. The Morgan fingerprint density at radius 3 is 2.43 bits per heavy atom. The third-order valence-corrected chi connectivity index (χ3v) is 5.53. The molecule has 0 aliphatic rings. The maximum atomic E-state index is 13.2. The fourth-order valence-electron chi connectivity index (χ4n) is 3.04. The fraction of sp³-hybridized carbons (Fsp3) is 0.333. The second-order valence-corrected chi connectivity index (χ2v) is 8.27. The van der Waals surface area contributed by atoms with Gasteiger partial charge in [-0.05, 0) is 63.3 Å². The molecule has 0 aliphatic carbocycles. The number of halogens is 4. The van der Waals surface area contributed by atoms with Gasteiger partial charge in [-0.25, -0.2) is 4.98 Å². The number of thiazole rings is 1. The standard InChI is InChI=1S/C21H22F3N3OS.ClH/c1-13-10-14(2)18-17(11-13)29-20(25-18)27(9-8-26(3)4)19(28)15-6-5-7-16(12-15)21(22,23)24;/h5-7,10-12H,8-9H2,1-4H3;1H. The first-order valence-electron chi connectivity index (χ1n) is 9.08. The number of aromatic nitrogens is 1. The summed E-state index contributed by atoms with van der Waals surface area (Å²) in [5.74, 6) is -0.494. The molecule has 0 radical (unpaired) electrons. The second-order valence-electron chi connectivity index (χ2n) is 7.26. The van der Waals surface area contributed by atoms with E-state index < -0.39 is 17.6 Å². The second kappa shape index (κ2) is 9.32. The summed E-state index contributed by atoms with van der Waals surface area (Å²) in [6.07, 6.45) is -4.50. The van der Waals surface area contributed by atoms with Gasteiger partial charge in [0.05, 0.1) is 15.8 Å². The molecule has 1 aromatic heterocycles. The molecule has 0 spiro atoms. The van der Waals surface area contributed by atoms with Crippen molar-refractivity contribution in [1.29, 1.82) is 0 Å². The van der Waals surface area contributed by atoms with Gasteiger partial charge in [-0.2, -0.15) is 13.2 Å². The third kappa shape index (κ3) is 5.30. The van der Waals surface area contributed by atoms with E-state index in [0.717, 1.165) is 33.5 Å². The van der Waals surface area contributed by atoms with Crippen LogP contribution in [0.1, 0.15) is 27.0 Å². The van der Waals surface area contributed by atoms with Gasteiger partial charge in [0.25, 0.3) is 5.91 Å². The Kier molecular flexibility index (Phi) is 7.49. The number of nitrogens with zero attached hydrogens (tertiary/aromatic N) is 3. The molecule has 30 heavy (non-hydrogen) atoms. The quantitative estimate of drug-likeness (QED) is 0.503. The molecule has 0 atom stereocenters. The topological polar surface area (TPSA) is 36.4 Å². The van der Waals surface area contributed by atoms with Crippen molar-refractivity contribution in [2.24, 2.45) is 0 Å². The Bertz CT molecular complexity index is 1050. The lowest BCUT2D eigenvalue weighted by Crippen LogP contribution is -2.36. The Morgan fingerprint density at radius 2 is 1.80 bits per heavy atom. The van der Waals surface area contributed by atoms with Gasteiger partial charge in [-0.3, -0.25) is 9.69 Å². The molecule has 3 rings (SSSR count). The number of benzene rings is 2. The van der Waals surface area contributed by atoms with Gasteiger partial charge in [0, 0.05) is 18.7 Å². The molecule has 2 aromatic carbocycles. The van der Waals surface area contributed by atoms with Gasteiger partial charge in [-0.1, -0.05) is 23.5 Å². The summed E-state index contributed by atoms with van der Waals surface area (Å²) < 4.78 is 40.2. The molecule has 162 valence electrons. The van der Waals surface area contributed by atoms with Gasteiger partial charge in [-0.15, -0.1) is 12.4 Å². The van der Waals surface area contributed by atoms with E-state index in [-0.39, 0.29) is 18.0 Å². The molecular weight excluding hydrogens is 435 g/mol. The molecule has 0 N–H and O–H groups in total. The molecule has 9 heteroatoms. The maximum absolute atomic E-state index is 13.2. The molecule has 3 aromatic rings. The molecule has 0 saturated heterocycles. The van der Waals surface area contributed by atoms with Crippen molar-refractivity contribution in [2.45, 2.75) is 20.0 Å². The molecule has 1 amide bonds. The molecule has 1 heterocycles. The van der Waals surface area contributed by atoms with Gasteiger partial charge in [0.1, 0.15) is 0 Å². The van der Waals surface area contributed by atoms with Crippen LogP contribution in [0.15, 0.2) is 36.4 Å². The lowest BCUT2D eigenvalue weighted by atomic mass is 10.1. The van der Waals surface area contributed by atoms with E-state index in [2.05, 4.69) is 4.98 Å². The summed E-state index contributed by atoms with van der Waals surface area (Å²) in [5, 5.41) is 0.484. The summed E-state index contributed by atoms with van der Waals surface area (Å²) in [5.41, 5.74) is 2.05. The maximum Gasteiger partial charge on any atom is 0.416 e. The summed E-state index contributed by atoms with van der Waals surface area (Å²) in [6, 6.07) is 8.54. The first-order valence-corrected chi connectivity index (χ1v) is 9.89. The number of alkyl halides is 3. The molecule has 0 saturated carbocycles. The molecule has 0 aliphatic heterocycles. The fourth-order valence-corrected chi connectivity index (χ4v) is 4.21. The highest BCUT2D eigenvalue weighted by atomic mass is 35.5. The first-order chi connectivity index (χ1) is 13.6. The lowest BCUT2D eigenvalue weighted by molar-refractivity contribution is -0.137. The summed E-state index contributed by atoms with van der Waals surface area (Å²) in [6.45, 7) is 4.82. The normalized spacial score (nSPS) is 11.6. The minimum absolute atomic E-state index is 0. The highest BCUT2D eigenvalue weighted by Gasteiger charge is 2.31. The van der Waals surface area contributed by atoms with Crippen LogP contribution in [0, 0.1) is 13.8 Å². The lowest BCUT2D eigenvalue weighted by Gasteiger charge is -2.22. The Balaban J connectivity index is 0.00000320. The number of amides is 1. The van der Waals surface area contributed by atoms with E-state index in [1.165, 1.54) is 28.4 Å². The zero-order chi connectivity index (χ0) is 21.3. The van der Waals surface area contributed by atoms with E-state index in [0.29, 0.717) is 18.2 Å². The predicted molar refractivity (Wildman–Crippen MR) is 118 cm³/mol. The van der Waals surface area contributed by atoms with Crippen LogP contribution in [-0.2, 0) is 6.18 Å². The number of hydrogen-bond donors (Lipinski definition) is 0. The van der Waals surface area contributed by atoms with E-state index in [4.69, 9.17) is 0 Å². The summed E-state index contributed by atoms with van der Waals surface area (Å²) in [7, 11) is 3.75. The number of hydrogen-bond acceptors (Lipinski definition) is 4. The van der Waals surface area contributed by atoms with Gasteiger partial charge in [0.15, 0.2) is 5.13 Å². The monoisotopic (exact) mass is 457 g/mol. The number of rotatable bonds is 5. The van der Waals surface area contributed by atoms with Crippen molar-refractivity contribution in [1.82, 2.24) is 9.88 Å². The average Bonchev–Trinajstić information content (AvgIpc) is 3.05. The van der Waals surface area contributed by atoms with Gasteiger partial charge in [0.2, 0.25) is 0 Å². The number of fused-ring (bicyclic) bond motifs is 1. The molecule has 0 unspecified atom stereocenters. The van der Waals surface area contributed by atoms with Crippen LogP contribution in [0.2, 0.25) is 0 Å². The van der Waals surface area contributed by atoms with Crippen molar-refractivity contribution in [3.05, 3.63) is 58.7 Å². The van der Waals surface area contributed by atoms with Crippen LogP contribution in [0.5, 0.6) is 0 Å². The van der Waals surface area contributed by atoms with Crippen molar-refractivity contribution >= 4 is 45.0 Å². The Morgan fingerprint density at radius 1 is 1.10 bits per heavy atom. The highest BCUT2D eigenvalue weighted by molar-refractivity contribution is 7.22. The Hall–Kier alpha value is -2.16. The van der Waals surface area contributed by atoms with Crippen LogP contribution in [0.3, 0.4) is 0 Å². The van der Waals surface area contributed by atoms with Crippen LogP contribution < -0.4 is 4.90 Å². The smallest absolute Gasteiger partial charge is 0.308 e. The van der Waals surface area contributed by atoms with Crippen LogP contribution in [0.25, 0.3) is 10.2 Å². The van der Waals surface area contributed by atoms with Gasteiger partial charge >= 0.3 is 6.18 Å². The van der Waals surface area contributed by atoms with E-state index in [9.17, 15) is 18.0 Å². The highest BCUT2D eigenvalue weighted by Crippen LogP contribution is 2.33. The van der Waals surface area contributed by atoms with E-state index in [1.54, 1.807) is 0 Å². The molecule has 0 bridgehead atoms. The summed E-state index contributed by atoms with van der Waals surface area (Å²) in [4.78, 5) is 21.2. The number of anilines is 1. The van der Waals surface area contributed by atoms with Crippen molar-refractivity contribution in [3.63, 3.8) is 0 Å². The zero-order valence-corrected chi connectivity index (χ0v) is 18.7. The van der Waals surface area contributed by atoms with Crippen molar-refractivity contribution in [2.75, 3.05) is 32.1 Å². The van der Waals surface area contributed by atoms with Gasteiger partial charge < -0.3 is 4.90 Å². The predicted octanol–water partition coefficient (Wildman–Crippen LogP) is 5.56. The van der Waals surface area contributed by atoms with Crippen LogP contribution in [-0.4, -0.2) is 43.0 Å². The van der Waals surface area contributed by atoms with Crippen molar-refractivity contribution < 1.29 is 18.0 Å². The largest absolute Gasteiger partial charge is 0.416 e. The summed E-state index contributed by atoms with van der Waals surface area (Å²) >= 11 is 1.37. The number of aryl methyl sites for hydroxylation is 2. The molecule has 0 fully saturated rings. The minimum atomic E-state index is -4.50. The number of carbonyl (C=O) groups excluding carboxylic acids is 1. The first kappa shape index (κ1) is 24.1. The van der Waals surface area contributed by atoms with Crippen LogP contribution in [0.4, 0.5) is 18.3 Å². The number of carbonyl (C=O) groups is 1. The zero-order valence-electron chi connectivity index (χ0n) is 17.1.